The van der Waals surface area contributed by atoms with Crippen LogP contribution in [0.3, 0.4) is 0 Å². The molecule has 1 aliphatic rings. The molecule has 2 atom stereocenters. The van der Waals surface area contributed by atoms with Gasteiger partial charge in [-0.3, -0.25) is 4.90 Å². The van der Waals surface area contributed by atoms with Crippen LogP contribution in [0.15, 0.2) is 59.0 Å². The molecule has 4 heteroatoms. The molecule has 0 bridgehead atoms. The van der Waals surface area contributed by atoms with Crippen molar-refractivity contribution in [3.8, 4) is 0 Å². The number of nitrogens with two attached hydrogens (primary N) is 1. The number of benzene rings is 2. The minimum absolute atomic E-state index is 0.233. The van der Waals surface area contributed by atoms with Gasteiger partial charge < -0.3 is 10.2 Å². The van der Waals surface area contributed by atoms with Crippen LogP contribution >= 0.6 is 0 Å². The van der Waals surface area contributed by atoms with Crippen LogP contribution in [0.2, 0.25) is 0 Å². The molecule has 0 saturated carbocycles. The molecule has 1 aromatic heterocycles. The number of hydrogen-bond donors (Lipinski definition) is 1. The summed E-state index contributed by atoms with van der Waals surface area (Å²) in [6.07, 6.45) is 0. The van der Waals surface area contributed by atoms with E-state index in [2.05, 4.69) is 29.2 Å². The Bertz CT molecular complexity index is 830. The standard InChI is InChI=1S/C20H21FN2O/c21-17-6-7-20-15(8-17)9-18(24-20)12-23-11-16(10-22)19(13-23)14-4-2-1-3-5-14/h1-9,16,19H,10-13,22H2/t16-,19+/m1/s1. The van der Waals surface area contributed by atoms with Crippen molar-refractivity contribution in [3.05, 3.63) is 71.7 Å². The molecule has 2 N–H and O–H groups in total. The van der Waals surface area contributed by atoms with E-state index < -0.39 is 0 Å². The van der Waals surface area contributed by atoms with E-state index in [1.54, 1.807) is 6.07 Å². The largest absolute Gasteiger partial charge is 0.460 e. The predicted molar refractivity (Wildman–Crippen MR) is 93.2 cm³/mol. The van der Waals surface area contributed by atoms with Crippen LogP contribution in [0.25, 0.3) is 11.0 Å². The summed E-state index contributed by atoms with van der Waals surface area (Å²) in [5, 5.41) is 0.819. The van der Waals surface area contributed by atoms with Gasteiger partial charge in [-0.15, -0.1) is 0 Å². The van der Waals surface area contributed by atoms with Crippen molar-refractivity contribution in [1.29, 1.82) is 0 Å². The minimum Gasteiger partial charge on any atom is -0.460 e. The maximum absolute atomic E-state index is 13.3. The summed E-state index contributed by atoms with van der Waals surface area (Å²) in [5.41, 5.74) is 8.09. The molecular weight excluding hydrogens is 303 g/mol. The van der Waals surface area contributed by atoms with E-state index in [-0.39, 0.29) is 5.82 Å². The van der Waals surface area contributed by atoms with Gasteiger partial charge in [-0.2, -0.15) is 0 Å². The highest BCUT2D eigenvalue weighted by atomic mass is 19.1. The Hall–Kier alpha value is -2.17. The van der Waals surface area contributed by atoms with E-state index in [4.69, 9.17) is 10.2 Å². The predicted octanol–water partition coefficient (Wildman–Crippen LogP) is 3.75. The normalized spacial score (nSPS) is 21.6. The van der Waals surface area contributed by atoms with Crippen LogP contribution in [0, 0.1) is 11.7 Å². The van der Waals surface area contributed by atoms with Crippen LogP contribution < -0.4 is 5.73 Å². The Kier molecular flexibility index (Phi) is 4.08. The summed E-state index contributed by atoms with van der Waals surface area (Å²) in [7, 11) is 0. The van der Waals surface area contributed by atoms with Crippen LogP contribution in [0.1, 0.15) is 17.2 Å². The Morgan fingerprint density at radius 1 is 1.08 bits per heavy atom. The van der Waals surface area contributed by atoms with Gasteiger partial charge in [0.25, 0.3) is 0 Å². The van der Waals surface area contributed by atoms with Gasteiger partial charge in [0.2, 0.25) is 0 Å². The molecule has 0 amide bonds. The summed E-state index contributed by atoms with van der Waals surface area (Å²) in [6.45, 7) is 3.34. The number of furan rings is 1. The second kappa shape index (κ2) is 6.38. The second-order valence-corrected chi connectivity index (χ2v) is 6.60. The monoisotopic (exact) mass is 324 g/mol. The summed E-state index contributed by atoms with van der Waals surface area (Å²) in [5.74, 6) is 1.55. The number of hydrogen-bond acceptors (Lipinski definition) is 3. The van der Waals surface area contributed by atoms with Gasteiger partial charge in [-0.25, -0.2) is 4.39 Å². The molecule has 3 aromatic rings. The topological polar surface area (TPSA) is 42.4 Å². The molecule has 1 saturated heterocycles. The fourth-order valence-electron chi connectivity index (χ4n) is 3.77. The first-order chi connectivity index (χ1) is 11.7. The van der Waals surface area contributed by atoms with E-state index in [0.717, 1.165) is 36.4 Å². The third-order valence-electron chi connectivity index (χ3n) is 4.96. The molecule has 24 heavy (non-hydrogen) atoms. The van der Waals surface area contributed by atoms with Crippen LogP contribution in [-0.4, -0.2) is 24.5 Å². The lowest BCUT2D eigenvalue weighted by atomic mass is 9.89. The van der Waals surface area contributed by atoms with Crippen molar-refractivity contribution in [3.63, 3.8) is 0 Å². The van der Waals surface area contributed by atoms with Gasteiger partial charge in [0, 0.05) is 24.4 Å². The van der Waals surface area contributed by atoms with Gasteiger partial charge in [0.1, 0.15) is 17.2 Å². The zero-order chi connectivity index (χ0) is 16.5. The maximum Gasteiger partial charge on any atom is 0.134 e. The molecule has 0 spiro atoms. The molecule has 0 aliphatic carbocycles. The third kappa shape index (κ3) is 2.95. The first-order valence-electron chi connectivity index (χ1n) is 8.38. The van der Waals surface area contributed by atoms with Crippen LogP contribution in [0.4, 0.5) is 4.39 Å². The molecule has 0 radical (unpaired) electrons. The first kappa shape index (κ1) is 15.4. The Morgan fingerprint density at radius 3 is 2.71 bits per heavy atom. The molecule has 4 rings (SSSR count). The van der Waals surface area contributed by atoms with Gasteiger partial charge in [0.05, 0.1) is 6.54 Å². The van der Waals surface area contributed by atoms with Crippen molar-refractivity contribution < 1.29 is 8.81 Å². The van der Waals surface area contributed by atoms with Crippen molar-refractivity contribution in [2.75, 3.05) is 19.6 Å². The van der Waals surface area contributed by atoms with Crippen LogP contribution in [-0.2, 0) is 6.54 Å². The van der Waals surface area contributed by atoms with Crippen molar-refractivity contribution >= 4 is 11.0 Å². The Balaban J connectivity index is 1.52. The van der Waals surface area contributed by atoms with E-state index in [1.165, 1.54) is 17.7 Å². The summed E-state index contributed by atoms with van der Waals surface area (Å²) < 4.78 is 19.2. The average Bonchev–Trinajstić information content (AvgIpc) is 3.18. The molecule has 1 aliphatic heterocycles. The quantitative estimate of drug-likeness (QED) is 0.795. The van der Waals surface area contributed by atoms with Gasteiger partial charge >= 0.3 is 0 Å². The zero-order valence-corrected chi connectivity index (χ0v) is 13.5. The third-order valence-corrected chi connectivity index (χ3v) is 4.96. The van der Waals surface area contributed by atoms with E-state index in [1.807, 2.05) is 12.1 Å². The average molecular weight is 324 g/mol. The Labute approximate surface area is 140 Å². The number of likely N-dealkylation sites (tertiary alicyclic amines) is 1. The van der Waals surface area contributed by atoms with Crippen molar-refractivity contribution in [1.82, 2.24) is 4.90 Å². The minimum atomic E-state index is -0.233. The highest BCUT2D eigenvalue weighted by molar-refractivity contribution is 5.77. The van der Waals surface area contributed by atoms with Gasteiger partial charge in [0.15, 0.2) is 0 Å². The summed E-state index contributed by atoms with van der Waals surface area (Å²) in [4.78, 5) is 2.38. The summed E-state index contributed by atoms with van der Waals surface area (Å²) >= 11 is 0. The molecular formula is C20H21FN2O. The lowest BCUT2D eigenvalue weighted by Crippen LogP contribution is -2.23. The van der Waals surface area contributed by atoms with Gasteiger partial charge in [-0.1, -0.05) is 30.3 Å². The lowest BCUT2D eigenvalue weighted by Gasteiger charge is -2.16. The van der Waals surface area contributed by atoms with Crippen molar-refractivity contribution in [2.45, 2.75) is 12.5 Å². The highest BCUT2D eigenvalue weighted by Crippen LogP contribution is 2.33. The van der Waals surface area contributed by atoms with E-state index in [0.29, 0.717) is 18.4 Å². The first-order valence-corrected chi connectivity index (χ1v) is 8.38. The SMILES string of the molecule is NC[C@@H]1CN(Cc2cc3cc(F)ccc3o2)C[C@H]1c1ccccc1. The van der Waals surface area contributed by atoms with E-state index in [9.17, 15) is 4.39 Å². The van der Waals surface area contributed by atoms with E-state index >= 15 is 0 Å². The smallest absolute Gasteiger partial charge is 0.134 e. The molecule has 0 unspecified atom stereocenters. The number of rotatable bonds is 4. The van der Waals surface area contributed by atoms with Crippen molar-refractivity contribution in [2.24, 2.45) is 11.7 Å². The number of fused-ring (bicyclic) bond motifs is 1. The number of halogens is 1. The summed E-state index contributed by atoms with van der Waals surface area (Å²) in [6, 6.07) is 17.1. The molecule has 124 valence electrons. The number of nitrogens with zero attached hydrogens (tertiary/aromatic N) is 1. The molecule has 2 aromatic carbocycles. The highest BCUT2D eigenvalue weighted by Gasteiger charge is 2.33. The fourth-order valence-corrected chi connectivity index (χ4v) is 3.77. The molecule has 2 heterocycles. The van der Waals surface area contributed by atoms with Gasteiger partial charge in [-0.05, 0) is 42.3 Å². The molecule has 3 nitrogen and oxygen atoms in total. The maximum atomic E-state index is 13.3. The molecule has 1 fully saturated rings. The lowest BCUT2D eigenvalue weighted by molar-refractivity contribution is 0.290. The zero-order valence-electron chi connectivity index (χ0n) is 13.5. The fraction of sp³-hybridized carbons (Fsp3) is 0.300. The van der Waals surface area contributed by atoms with Crippen LogP contribution in [0.5, 0.6) is 0 Å². The second-order valence-electron chi connectivity index (χ2n) is 6.60. The Morgan fingerprint density at radius 2 is 1.92 bits per heavy atom.